The third-order valence-corrected chi connectivity index (χ3v) is 8.92. The molecule has 0 bridgehead atoms. The van der Waals surface area contributed by atoms with E-state index in [0.717, 1.165) is 33.6 Å². The number of aliphatic hydroxyl groups is 2. The maximum Gasteiger partial charge on any atom is 1.00 e. The molecule has 0 saturated carbocycles. The first kappa shape index (κ1) is 56.5. The van der Waals surface area contributed by atoms with Crippen molar-refractivity contribution in [2.45, 2.75) is 26.7 Å². The number of aryl methyl sites for hydroxylation is 2. The molecule has 0 fully saturated rings. The van der Waals surface area contributed by atoms with Gasteiger partial charge in [0.25, 0.3) is 6.47 Å². The van der Waals surface area contributed by atoms with E-state index < -0.39 is 7.15 Å². The van der Waals surface area contributed by atoms with Gasteiger partial charge in [-0.2, -0.15) is 0 Å². The summed E-state index contributed by atoms with van der Waals surface area (Å²) in [7, 11) is -1.00. The van der Waals surface area contributed by atoms with Crippen molar-refractivity contribution >= 4 is 66.1 Å². The number of para-hydroxylation sites is 2. The topological polar surface area (TPSA) is 224 Å². The molecule has 0 saturated heterocycles. The predicted molar refractivity (Wildman–Crippen MR) is 238 cm³/mol. The van der Waals surface area contributed by atoms with Gasteiger partial charge in [0, 0.05) is 84.5 Å². The second kappa shape index (κ2) is 31.3. The molecule has 8 aromatic rings. The Morgan fingerprint density at radius 1 is 0.754 bits per heavy atom. The van der Waals surface area contributed by atoms with Crippen LogP contribution in [0.15, 0.2) is 128 Å². The van der Waals surface area contributed by atoms with Crippen molar-refractivity contribution in [1.82, 2.24) is 9.97 Å². The maximum atomic E-state index is 12.5. The minimum absolute atomic E-state index is 0. The van der Waals surface area contributed by atoms with Gasteiger partial charge in [0.05, 0.1) is 26.2 Å². The molecule has 0 atom stereocenters. The Bertz CT molecular complexity index is 2880. The number of pyridine rings is 2. The second-order valence-electron chi connectivity index (χ2n) is 12.8. The summed E-state index contributed by atoms with van der Waals surface area (Å²) in [5.41, 5.74) is 1.84. The van der Waals surface area contributed by atoms with Gasteiger partial charge in [0.2, 0.25) is 0 Å². The summed E-state index contributed by atoms with van der Waals surface area (Å²) in [4.78, 5) is 44.3. The molecule has 0 aliphatic carbocycles. The van der Waals surface area contributed by atoms with Crippen molar-refractivity contribution in [3.8, 4) is 34.5 Å². The molecule has 0 amide bonds. The number of alkyl halides is 2. The van der Waals surface area contributed by atoms with Gasteiger partial charge in [-0.05, 0) is 56.7 Å². The fourth-order valence-corrected chi connectivity index (χ4v) is 6.07. The molecule has 4 aromatic carbocycles. The minimum atomic E-state index is -1.00. The van der Waals surface area contributed by atoms with Gasteiger partial charge in [-0.25, -0.2) is 0 Å². The fraction of sp³-hybridized carbons (Fsp3) is 0.196. The zero-order chi connectivity index (χ0) is 46.4. The number of fused-ring (bicyclic) bond motifs is 4. The molecule has 3 N–H and O–H groups in total. The Hall–Kier alpha value is -2.82. The molecular weight excluding hydrogens is 1150 g/mol. The van der Waals surface area contributed by atoms with E-state index in [2.05, 4.69) is 30.8 Å². The quantitative estimate of drug-likeness (QED) is 0.0556. The molecule has 0 unspecified atom stereocenters. The van der Waals surface area contributed by atoms with Crippen LogP contribution in [0.1, 0.15) is 27.2 Å². The van der Waals surface area contributed by atoms with Gasteiger partial charge in [0.1, 0.15) is 68.0 Å². The molecule has 0 aliphatic heterocycles. The van der Waals surface area contributed by atoms with E-state index in [1.54, 1.807) is 56.6 Å². The number of phenolic OH excluding ortho intramolecular Hbond substituents is 1. The standard InChI is InChI=1S/C22H19NO5.C19H13NO4.C3H7BrO.CH3F.CH2O3.2Cs.H/c1-14-11-18(25)22-20(26-10-4-9-24)12-15(13-21(22)27-14)28-19-7-8-23-17-6-3-2-5-16(17)19;1-11-8-15(21)19-16(22)9-12(10-18(19)23-11)24-17-6-7-20-14-5-3-2-4-13(14)17;4-2-1-3-5;1-2;2-1-4-3;;;/h2-3,5-8,11-13,24H,4,9-10H2,1H3;2-10,22H,1H3;5H,1-3H2;1H3;1,3H;;;/q;;;;;2*+1;-1/p-1/i;;;1D;;;;. The summed E-state index contributed by atoms with van der Waals surface area (Å²) < 4.78 is 44.5. The summed E-state index contributed by atoms with van der Waals surface area (Å²) in [6.07, 6.45) is 4.66. The molecule has 0 aliphatic rings. The molecule has 0 spiro atoms. The van der Waals surface area contributed by atoms with Crippen LogP contribution in [0.25, 0.3) is 43.7 Å². The van der Waals surface area contributed by atoms with E-state index in [-0.39, 0.29) is 186 Å². The van der Waals surface area contributed by atoms with Crippen molar-refractivity contribution < 1.29 is 198 Å². The molecule has 0 radical (unpaired) electrons. The van der Waals surface area contributed by atoms with Gasteiger partial charge in [-0.1, -0.05) is 40.2 Å². The first-order valence-electron chi connectivity index (χ1n) is 19.6. The van der Waals surface area contributed by atoms with Crippen LogP contribution in [0.2, 0.25) is 0 Å². The van der Waals surface area contributed by atoms with Gasteiger partial charge >= 0.3 is 138 Å². The Labute approximate surface area is 501 Å². The molecular formula is C46H44BrCs2FN2O13. The number of halogens is 2. The number of benzene rings is 4. The summed E-state index contributed by atoms with van der Waals surface area (Å²) in [6, 6.07) is 27.9. The average Bonchev–Trinajstić information content (AvgIpc) is 3.27. The van der Waals surface area contributed by atoms with Crippen molar-refractivity contribution in [3.63, 3.8) is 0 Å². The van der Waals surface area contributed by atoms with Crippen LogP contribution in [0.4, 0.5) is 4.39 Å². The Morgan fingerprint density at radius 2 is 1.22 bits per heavy atom. The number of carbonyl (C=O) groups excluding carboxylic acids is 1. The Morgan fingerprint density at radius 3 is 1.68 bits per heavy atom. The van der Waals surface area contributed by atoms with E-state index in [1.165, 1.54) is 18.2 Å². The van der Waals surface area contributed by atoms with E-state index in [0.29, 0.717) is 64.3 Å². The summed E-state index contributed by atoms with van der Waals surface area (Å²) >= 11 is 3.15. The summed E-state index contributed by atoms with van der Waals surface area (Å²) in [6.45, 7) is 3.80. The number of aromatic nitrogens is 2. The fourth-order valence-electron chi connectivity index (χ4n) is 5.82. The molecule has 4 heterocycles. The smallest absolute Gasteiger partial charge is 1.00 e. The van der Waals surface area contributed by atoms with Gasteiger partial charge in [-0.3, -0.25) is 28.7 Å². The van der Waals surface area contributed by atoms with Crippen LogP contribution in [-0.4, -0.2) is 64.1 Å². The molecule has 8 rings (SSSR count). The zero-order valence-corrected chi connectivity index (χ0v) is 50.1. The monoisotopic (exact) mass is 1200 g/mol. The van der Waals surface area contributed by atoms with Crippen molar-refractivity contribution in [3.05, 3.63) is 141 Å². The maximum absolute atomic E-state index is 12.5. The third-order valence-electron chi connectivity index (χ3n) is 8.36. The van der Waals surface area contributed by atoms with Crippen LogP contribution >= 0.6 is 15.9 Å². The van der Waals surface area contributed by atoms with Gasteiger partial charge in [0.15, 0.2) is 10.9 Å². The molecule has 4 aromatic heterocycles. The van der Waals surface area contributed by atoms with Crippen LogP contribution < -0.4 is 168 Å². The predicted octanol–water partition coefficient (Wildman–Crippen LogP) is 2.26. The molecule has 15 nitrogen and oxygen atoms in total. The number of aromatic hydroxyl groups is 1. The van der Waals surface area contributed by atoms with Crippen molar-refractivity contribution in [1.29, 1.82) is 0 Å². The van der Waals surface area contributed by atoms with Crippen molar-refractivity contribution in [2.75, 3.05) is 32.3 Å². The normalized spacial score (nSPS) is 10.1. The number of hydrogen-bond donors (Lipinski definition) is 3. The van der Waals surface area contributed by atoms with Gasteiger partial charge in [-0.15, -0.1) is 0 Å². The van der Waals surface area contributed by atoms with Crippen LogP contribution in [-0.2, 0) is 9.68 Å². The van der Waals surface area contributed by atoms with E-state index in [1.807, 2.05) is 48.5 Å². The summed E-state index contributed by atoms with van der Waals surface area (Å²) in [5, 5.41) is 38.8. The number of aliphatic hydroxyl groups excluding tert-OH is 2. The second-order valence-corrected chi connectivity index (χ2v) is 13.6. The van der Waals surface area contributed by atoms with Crippen molar-refractivity contribution in [2.24, 2.45) is 0 Å². The Balaban J connectivity index is 0.000000525. The van der Waals surface area contributed by atoms with Crippen LogP contribution in [0.5, 0.6) is 34.5 Å². The molecule has 332 valence electrons. The largest absolute Gasteiger partial charge is 1.00 e. The number of phenols is 1. The SMILES string of the molecule is Cc1cc(=O)c2c(O)cc(Oc3ccnc4ccccc34)cc2o1.Cc1cc(=O)c2c(OCCCO)cc(Oc3ccnc4ccccc34)cc2o1.O=CO[O-].OCCCBr.[2H]CF.[Cs+].[Cs+].[H-]. The minimum Gasteiger partial charge on any atom is -1.00 e. The number of carbonyl (C=O) groups is 1. The number of nitrogens with zero attached hydrogens (tertiary/aromatic N) is 2. The average molecular weight is 1200 g/mol. The van der Waals surface area contributed by atoms with E-state index in [4.69, 9.17) is 44.7 Å². The first-order valence-corrected chi connectivity index (χ1v) is 20.0. The first-order chi connectivity index (χ1) is 31.0. The van der Waals surface area contributed by atoms with E-state index in [9.17, 15) is 19.1 Å². The Kier molecular flexibility index (Phi) is 27.2. The summed E-state index contributed by atoms with van der Waals surface area (Å²) in [5.74, 6) is 3.28. The molecule has 19 heteroatoms. The third kappa shape index (κ3) is 17.3. The van der Waals surface area contributed by atoms with Crippen LogP contribution in [0.3, 0.4) is 0 Å². The molecule has 65 heavy (non-hydrogen) atoms. The van der Waals surface area contributed by atoms with Crippen LogP contribution in [0, 0.1) is 13.8 Å². The number of rotatable bonds is 11. The number of hydrogen-bond acceptors (Lipinski definition) is 15. The number of ether oxygens (including phenoxy) is 3. The zero-order valence-electron chi connectivity index (χ0n) is 38.0. The van der Waals surface area contributed by atoms with E-state index >= 15 is 0 Å². The van der Waals surface area contributed by atoms with Gasteiger partial charge < -0.3 is 49.9 Å².